The molecule has 9 heteroatoms. The SMILES string of the molecule is NC(=O)C(=O)C(Cc1ccccc1)NC(=O)c1nnsc1-c1ccc[nH]1. The van der Waals surface area contributed by atoms with Gasteiger partial charge in [0, 0.05) is 12.6 Å². The maximum absolute atomic E-state index is 12.6. The molecule has 2 amide bonds. The van der Waals surface area contributed by atoms with Gasteiger partial charge in [0.15, 0.2) is 5.69 Å². The smallest absolute Gasteiger partial charge is 0.287 e. The van der Waals surface area contributed by atoms with E-state index >= 15 is 0 Å². The summed E-state index contributed by atoms with van der Waals surface area (Å²) in [6.45, 7) is 0. The van der Waals surface area contributed by atoms with E-state index < -0.39 is 23.6 Å². The third-order valence-electron chi connectivity index (χ3n) is 3.69. The van der Waals surface area contributed by atoms with Crippen molar-refractivity contribution < 1.29 is 14.4 Å². The number of primary amides is 1. The highest BCUT2D eigenvalue weighted by Gasteiger charge is 2.28. The number of amides is 2. The number of carbonyl (C=O) groups is 3. The van der Waals surface area contributed by atoms with Crippen LogP contribution < -0.4 is 11.1 Å². The Morgan fingerprint density at radius 2 is 1.92 bits per heavy atom. The molecule has 1 aromatic carbocycles. The van der Waals surface area contributed by atoms with E-state index in [-0.39, 0.29) is 12.1 Å². The molecule has 3 rings (SSSR count). The number of aromatic amines is 1. The summed E-state index contributed by atoms with van der Waals surface area (Å²) < 4.78 is 3.80. The van der Waals surface area contributed by atoms with Crippen LogP contribution in [0.25, 0.3) is 10.6 Å². The van der Waals surface area contributed by atoms with Gasteiger partial charge in [-0.3, -0.25) is 14.4 Å². The Kier molecular flexibility index (Phi) is 5.18. The van der Waals surface area contributed by atoms with Crippen molar-refractivity contribution in [1.29, 1.82) is 0 Å². The van der Waals surface area contributed by atoms with Gasteiger partial charge in [-0.1, -0.05) is 34.8 Å². The lowest BCUT2D eigenvalue weighted by Crippen LogP contribution is -2.47. The first-order valence-corrected chi connectivity index (χ1v) is 8.48. The van der Waals surface area contributed by atoms with Crippen molar-refractivity contribution >= 4 is 29.1 Å². The van der Waals surface area contributed by atoms with Gasteiger partial charge in [-0.25, -0.2) is 0 Å². The van der Waals surface area contributed by atoms with E-state index in [2.05, 4.69) is 19.9 Å². The van der Waals surface area contributed by atoms with Crippen LogP contribution in [0.5, 0.6) is 0 Å². The van der Waals surface area contributed by atoms with Crippen LogP contribution in [0.1, 0.15) is 16.1 Å². The van der Waals surface area contributed by atoms with Gasteiger partial charge in [0.1, 0.15) is 10.9 Å². The molecule has 0 bridgehead atoms. The van der Waals surface area contributed by atoms with Crippen molar-refractivity contribution in [2.24, 2.45) is 5.73 Å². The molecule has 8 nitrogen and oxygen atoms in total. The normalized spacial score (nSPS) is 11.7. The van der Waals surface area contributed by atoms with E-state index in [4.69, 9.17) is 5.73 Å². The average Bonchev–Trinajstić information content (AvgIpc) is 3.32. The maximum Gasteiger partial charge on any atom is 0.287 e. The van der Waals surface area contributed by atoms with E-state index in [1.165, 1.54) is 0 Å². The van der Waals surface area contributed by atoms with E-state index in [1.807, 2.05) is 6.07 Å². The number of nitrogens with zero attached hydrogens (tertiary/aromatic N) is 2. The molecule has 0 saturated heterocycles. The molecule has 4 N–H and O–H groups in total. The zero-order valence-corrected chi connectivity index (χ0v) is 14.3. The maximum atomic E-state index is 12.6. The van der Waals surface area contributed by atoms with Crippen LogP contribution in [0.4, 0.5) is 0 Å². The van der Waals surface area contributed by atoms with Gasteiger partial charge in [-0.15, -0.1) is 5.10 Å². The van der Waals surface area contributed by atoms with Gasteiger partial charge < -0.3 is 16.0 Å². The number of rotatable bonds is 7. The fraction of sp³-hybridized carbons (Fsp3) is 0.118. The number of Topliss-reactive ketones (excluding diaryl/α,β-unsaturated/α-hetero) is 1. The highest BCUT2D eigenvalue weighted by molar-refractivity contribution is 7.09. The molecule has 2 aromatic heterocycles. The lowest BCUT2D eigenvalue weighted by atomic mass is 10.0. The summed E-state index contributed by atoms with van der Waals surface area (Å²) in [6.07, 6.45) is 1.86. The first-order chi connectivity index (χ1) is 12.6. The number of nitrogens with two attached hydrogens (primary N) is 1. The van der Waals surface area contributed by atoms with Gasteiger partial charge in [-0.2, -0.15) is 0 Å². The van der Waals surface area contributed by atoms with Crippen molar-refractivity contribution in [2.45, 2.75) is 12.5 Å². The number of ketones is 1. The van der Waals surface area contributed by atoms with Crippen LogP contribution in [-0.2, 0) is 16.0 Å². The van der Waals surface area contributed by atoms with Gasteiger partial charge in [0.25, 0.3) is 11.8 Å². The molecular weight excluding hydrogens is 354 g/mol. The molecule has 1 unspecified atom stereocenters. The molecule has 3 aromatic rings. The van der Waals surface area contributed by atoms with Gasteiger partial charge in [-0.05, 0) is 29.2 Å². The van der Waals surface area contributed by atoms with E-state index in [9.17, 15) is 14.4 Å². The number of aromatic nitrogens is 3. The molecular formula is C17H15N5O3S. The van der Waals surface area contributed by atoms with Crippen LogP contribution in [-0.4, -0.2) is 38.2 Å². The summed E-state index contributed by atoms with van der Waals surface area (Å²) in [5, 5.41) is 6.40. The second kappa shape index (κ2) is 7.70. The summed E-state index contributed by atoms with van der Waals surface area (Å²) in [6, 6.07) is 11.5. The summed E-state index contributed by atoms with van der Waals surface area (Å²) in [5.41, 5.74) is 6.67. The largest absolute Gasteiger partial charge is 0.363 e. The zero-order chi connectivity index (χ0) is 18.5. The molecule has 0 aliphatic rings. The first-order valence-electron chi connectivity index (χ1n) is 7.71. The third-order valence-corrected chi connectivity index (χ3v) is 4.45. The van der Waals surface area contributed by atoms with Gasteiger partial charge in [0.2, 0.25) is 5.78 Å². The quantitative estimate of drug-likeness (QED) is 0.533. The van der Waals surface area contributed by atoms with Crippen molar-refractivity contribution in [3.63, 3.8) is 0 Å². The molecule has 0 aliphatic heterocycles. The van der Waals surface area contributed by atoms with E-state index in [0.717, 1.165) is 17.1 Å². The monoisotopic (exact) mass is 369 g/mol. The molecule has 2 heterocycles. The number of benzene rings is 1. The van der Waals surface area contributed by atoms with Crippen LogP contribution in [0.3, 0.4) is 0 Å². The lowest BCUT2D eigenvalue weighted by molar-refractivity contribution is -0.137. The number of nitrogens with one attached hydrogen (secondary N) is 2. The summed E-state index contributed by atoms with van der Waals surface area (Å²) in [7, 11) is 0. The Balaban J connectivity index is 1.83. The van der Waals surface area contributed by atoms with Crippen molar-refractivity contribution in [3.8, 4) is 10.6 Å². The van der Waals surface area contributed by atoms with Crippen LogP contribution in [0, 0.1) is 0 Å². The standard InChI is InChI=1S/C17H15N5O3S/c18-16(24)14(23)12(9-10-5-2-1-3-6-10)20-17(25)13-15(26-22-21-13)11-7-4-8-19-11/h1-8,12,19H,9H2,(H2,18,24)(H,20,25). The van der Waals surface area contributed by atoms with Crippen LogP contribution in [0.15, 0.2) is 48.7 Å². The summed E-state index contributed by atoms with van der Waals surface area (Å²) in [5.74, 6) is -2.57. The molecule has 1 atom stereocenters. The minimum absolute atomic E-state index is 0.0767. The predicted octanol–water partition coefficient (Wildman–Crippen LogP) is 0.929. The molecule has 0 radical (unpaired) electrons. The minimum Gasteiger partial charge on any atom is -0.363 e. The Morgan fingerprint density at radius 3 is 2.58 bits per heavy atom. The third kappa shape index (κ3) is 3.83. The van der Waals surface area contributed by atoms with E-state index in [0.29, 0.717) is 10.6 Å². The van der Waals surface area contributed by atoms with E-state index in [1.54, 1.807) is 42.6 Å². The topological polar surface area (TPSA) is 131 Å². The molecule has 0 fully saturated rings. The molecule has 0 spiro atoms. The number of carbonyl (C=O) groups excluding carboxylic acids is 3. The number of hydrogen-bond donors (Lipinski definition) is 3. The first kappa shape index (κ1) is 17.5. The Labute approximate surface area is 152 Å². The van der Waals surface area contributed by atoms with Crippen LogP contribution >= 0.6 is 11.5 Å². The molecule has 132 valence electrons. The highest BCUT2D eigenvalue weighted by atomic mass is 32.1. The van der Waals surface area contributed by atoms with Crippen molar-refractivity contribution in [1.82, 2.24) is 19.9 Å². The fourth-order valence-electron chi connectivity index (χ4n) is 2.44. The summed E-state index contributed by atoms with van der Waals surface area (Å²) >= 11 is 1.05. The van der Waals surface area contributed by atoms with Crippen molar-refractivity contribution in [3.05, 3.63) is 59.9 Å². The predicted molar refractivity (Wildman–Crippen MR) is 95.3 cm³/mol. The lowest BCUT2D eigenvalue weighted by Gasteiger charge is -2.16. The highest BCUT2D eigenvalue weighted by Crippen LogP contribution is 2.24. The molecule has 26 heavy (non-hydrogen) atoms. The van der Waals surface area contributed by atoms with Gasteiger partial charge in [0.05, 0.1) is 5.69 Å². The number of H-pyrrole nitrogens is 1. The van der Waals surface area contributed by atoms with Crippen LogP contribution in [0.2, 0.25) is 0 Å². The fourth-order valence-corrected chi connectivity index (χ4v) is 3.09. The Morgan fingerprint density at radius 1 is 1.15 bits per heavy atom. The second-order valence-electron chi connectivity index (χ2n) is 5.48. The zero-order valence-electron chi connectivity index (χ0n) is 13.5. The Hall–Kier alpha value is -3.33. The molecule has 0 aliphatic carbocycles. The van der Waals surface area contributed by atoms with Gasteiger partial charge >= 0.3 is 0 Å². The Bertz CT molecular complexity index is 921. The summed E-state index contributed by atoms with van der Waals surface area (Å²) in [4.78, 5) is 39.6. The molecule has 0 saturated carbocycles. The second-order valence-corrected chi connectivity index (χ2v) is 6.23. The average molecular weight is 369 g/mol. The van der Waals surface area contributed by atoms with Crippen molar-refractivity contribution in [2.75, 3.05) is 0 Å². The number of hydrogen-bond acceptors (Lipinski definition) is 6. The minimum atomic E-state index is -1.10.